The molecule has 0 bridgehead atoms. The number of fused-ring (bicyclic) bond motifs is 1. The Labute approximate surface area is 181 Å². The maximum atomic E-state index is 14.2. The minimum absolute atomic E-state index is 0.267. The summed E-state index contributed by atoms with van der Waals surface area (Å²) in [5, 5.41) is 3.92. The molecular formula is C24H17F2N5O. The predicted molar refractivity (Wildman–Crippen MR) is 119 cm³/mol. The standard InChI is InChI=1S/C24H17F2N5O/c25-16-4-6-22(20(26)13-16)31-11-9-15-12-19(5-7-21(15)31)32-23-8-10-28-24(30-23)29-18-3-1-2-17(27)14-18/h1-14H,27H2,(H,28,29,30). The van der Waals surface area contributed by atoms with Crippen LogP contribution < -0.4 is 15.8 Å². The van der Waals surface area contributed by atoms with Crippen LogP contribution in [0.25, 0.3) is 16.6 Å². The maximum Gasteiger partial charge on any atom is 0.230 e. The Morgan fingerprint density at radius 2 is 1.84 bits per heavy atom. The highest BCUT2D eigenvalue weighted by atomic mass is 19.1. The summed E-state index contributed by atoms with van der Waals surface area (Å²) in [5.74, 6) is 0.0298. The molecule has 5 aromatic rings. The summed E-state index contributed by atoms with van der Waals surface area (Å²) in [5.41, 5.74) is 8.21. The smallest absolute Gasteiger partial charge is 0.230 e. The molecule has 0 amide bonds. The molecule has 8 heteroatoms. The fourth-order valence-electron chi connectivity index (χ4n) is 3.40. The fourth-order valence-corrected chi connectivity index (χ4v) is 3.40. The van der Waals surface area contributed by atoms with Crippen molar-refractivity contribution in [1.29, 1.82) is 0 Å². The average Bonchev–Trinajstić information content (AvgIpc) is 3.17. The molecule has 2 heterocycles. The summed E-state index contributed by atoms with van der Waals surface area (Å²) >= 11 is 0. The number of nitrogen functional groups attached to an aromatic ring is 1. The average molecular weight is 429 g/mol. The van der Waals surface area contributed by atoms with Gasteiger partial charge in [0.25, 0.3) is 0 Å². The molecule has 158 valence electrons. The maximum absolute atomic E-state index is 14.2. The largest absolute Gasteiger partial charge is 0.439 e. The first-order chi connectivity index (χ1) is 15.5. The molecule has 0 aliphatic rings. The van der Waals surface area contributed by atoms with Crippen molar-refractivity contribution in [2.24, 2.45) is 0 Å². The summed E-state index contributed by atoms with van der Waals surface area (Å²) in [7, 11) is 0. The lowest BCUT2D eigenvalue weighted by molar-refractivity contribution is 0.463. The molecule has 5 rings (SSSR count). The number of benzene rings is 3. The van der Waals surface area contributed by atoms with Crippen LogP contribution in [-0.2, 0) is 0 Å². The normalized spacial score (nSPS) is 10.9. The van der Waals surface area contributed by atoms with E-state index in [1.165, 1.54) is 12.1 Å². The van der Waals surface area contributed by atoms with Gasteiger partial charge in [-0.05, 0) is 54.6 Å². The van der Waals surface area contributed by atoms with Gasteiger partial charge < -0.3 is 20.4 Å². The zero-order valence-electron chi connectivity index (χ0n) is 16.7. The molecule has 0 spiro atoms. The van der Waals surface area contributed by atoms with Crippen LogP contribution in [0.4, 0.5) is 26.1 Å². The lowest BCUT2D eigenvalue weighted by Crippen LogP contribution is -1.99. The molecule has 0 saturated carbocycles. The molecule has 0 saturated heterocycles. The van der Waals surface area contributed by atoms with Crippen LogP contribution in [0.2, 0.25) is 0 Å². The lowest BCUT2D eigenvalue weighted by Gasteiger charge is -2.09. The third-order valence-corrected chi connectivity index (χ3v) is 4.83. The SMILES string of the molecule is Nc1cccc(Nc2nccc(Oc3ccc4c(ccn4-c4ccc(F)cc4F)c3)n2)c1. The Hall–Kier alpha value is -4.46. The van der Waals surface area contributed by atoms with Crippen LogP contribution in [-0.4, -0.2) is 14.5 Å². The molecule has 3 N–H and O–H groups in total. The first kappa shape index (κ1) is 19.5. The van der Waals surface area contributed by atoms with Crippen LogP contribution >= 0.6 is 0 Å². The third-order valence-electron chi connectivity index (χ3n) is 4.83. The second-order valence-electron chi connectivity index (χ2n) is 7.07. The molecule has 6 nitrogen and oxygen atoms in total. The molecule has 0 unspecified atom stereocenters. The molecule has 0 fully saturated rings. The molecular weight excluding hydrogens is 412 g/mol. The number of hydrogen-bond acceptors (Lipinski definition) is 5. The predicted octanol–water partition coefficient (Wildman–Crippen LogP) is 5.82. The molecule has 0 aliphatic carbocycles. The Morgan fingerprint density at radius 3 is 2.69 bits per heavy atom. The van der Waals surface area contributed by atoms with Crippen molar-refractivity contribution in [2.45, 2.75) is 0 Å². The monoisotopic (exact) mass is 429 g/mol. The molecule has 0 aliphatic heterocycles. The third kappa shape index (κ3) is 3.93. The summed E-state index contributed by atoms with van der Waals surface area (Å²) in [6.45, 7) is 0. The number of anilines is 3. The Kier molecular flexibility index (Phi) is 4.87. The number of aromatic nitrogens is 3. The van der Waals surface area contributed by atoms with Gasteiger partial charge in [-0.25, -0.2) is 13.8 Å². The number of nitrogens with zero attached hydrogens (tertiary/aromatic N) is 3. The number of hydrogen-bond donors (Lipinski definition) is 2. The topological polar surface area (TPSA) is 78.0 Å². The number of halogens is 2. The second-order valence-corrected chi connectivity index (χ2v) is 7.07. The van der Waals surface area contributed by atoms with E-state index in [4.69, 9.17) is 10.5 Å². The second kappa shape index (κ2) is 7.99. The van der Waals surface area contributed by atoms with Crippen LogP contribution in [0.5, 0.6) is 11.6 Å². The highest BCUT2D eigenvalue weighted by Crippen LogP contribution is 2.28. The van der Waals surface area contributed by atoms with Gasteiger partial charge in [-0.3, -0.25) is 0 Å². The van der Waals surface area contributed by atoms with Gasteiger partial charge in [0.1, 0.15) is 17.4 Å². The van der Waals surface area contributed by atoms with E-state index in [1.807, 2.05) is 24.3 Å². The number of ether oxygens (including phenoxy) is 1. The Morgan fingerprint density at radius 1 is 0.938 bits per heavy atom. The van der Waals surface area contributed by atoms with Crippen molar-refractivity contribution in [2.75, 3.05) is 11.1 Å². The zero-order chi connectivity index (χ0) is 22.1. The van der Waals surface area contributed by atoms with E-state index >= 15 is 0 Å². The molecule has 32 heavy (non-hydrogen) atoms. The summed E-state index contributed by atoms with van der Waals surface area (Å²) in [6.07, 6.45) is 3.31. The van der Waals surface area contributed by atoms with E-state index in [2.05, 4.69) is 15.3 Å². The van der Waals surface area contributed by atoms with Gasteiger partial charge in [-0.2, -0.15) is 4.98 Å². The van der Waals surface area contributed by atoms with Crippen molar-refractivity contribution in [3.05, 3.63) is 96.8 Å². The minimum atomic E-state index is -0.635. The molecule has 2 aromatic heterocycles. The van der Waals surface area contributed by atoms with Crippen molar-refractivity contribution in [1.82, 2.24) is 14.5 Å². The first-order valence-corrected chi connectivity index (χ1v) is 9.75. The Bertz CT molecular complexity index is 1430. The van der Waals surface area contributed by atoms with Gasteiger partial charge in [0.15, 0.2) is 0 Å². The van der Waals surface area contributed by atoms with E-state index in [1.54, 1.807) is 47.3 Å². The number of nitrogens with two attached hydrogens (primary N) is 1. The van der Waals surface area contributed by atoms with Gasteiger partial charge in [-0.15, -0.1) is 0 Å². The molecule has 0 radical (unpaired) electrons. The van der Waals surface area contributed by atoms with E-state index < -0.39 is 11.6 Å². The highest BCUT2D eigenvalue weighted by molar-refractivity contribution is 5.83. The quantitative estimate of drug-likeness (QED) is 0.345. The van der Waals surface area contributed by atoms with E-state index in [0.29, 0.717) is 23.3 Å². The van der Waals surface area contributed by atoms with Crippen molar-refractivity contribution in [3.63, 3.8) is 0 Å². The first-order valence-electron chi connectivity index (χ1n) is 9.75. The van der Waals surface area contributed by atoms with Gasteiger partial charge in [0.2, 0.25) is 11.8 Å². The summed E-state index contributed by atoms with van der Waals surface area (Å²) < 4.78 is 35.0. The number of nitrogens with one attached hydrogen (secondary N) is 1. The Balaban J connectivity index is 1.39. The van der Waals surface area contributed by atoms with Gasteiger partial charge >= 0.3 is 0 Å². The fraction of sp³-hybridized carbons (Fsp3) is 0. The van der Waals surface area contributed by atoms with E-state index in [0.717, 1.165) is 22.7 Å². The molecule has 0 atom stereocenters. The van der Waals surface area contributed by atoms with Gasteiger partial charge in [0.05, 0.1) is 11.2 Å². The highest BCUT2D eigenvalue weighted by Gasteiger charge is 2.11. The van der Waals surface area contributed by atoms with E-state index in [-0.39, 0.29) is 5.69 Å². The number of rotatable bonds is 5. The summed E-state index contributed by atoms with van der Waals surface area (Å²) in [6, 6.07) is 19.6. The van der Waals surface area contributed by atoms with Crippen LogP contribution in [0.1, 0.15) is 0 Å². The van der Waals surface area contributed by atoms with Gasteiger partial charge in [-0.1, -0.05) is 6.07 Å². The van der Waals surface area contributed by atoms with Crippen LogP contribution in [0.3, 0.4) is 0 Å². The van der Waals surface area contributed by atoms with E-state index in [9.17, 15) is 8.78 Å². The van der Waals surface area contributed by atoms with Crippen LogP contribution in [0.15, 0.2) is 85.2 Å². The van der Waals surface area contributed by atoms with Gasteiger partial charge in [0, 0.05) is 41.3 Å². The minimum Gasteiger partial charge on any atom is -0.439 e. The van der Waals surface area contributed by atoms with Crippen LogP contribution in [0, 0.1) is 11.6 Å². The van der Waals surface area contributed by atoms with Crippen molar-refractivity contribution >= 4 is 28.2 Å². The lowest BCUT2D eigenvalue weighted by atomic mass is 10.2. The van der Waals surface area contributed by atoms with Crippen molar-refractivity contribution < 1.29 is 13.5 Å². The zero-order valence-corrected chi connectivity index (χ0v) is 16.7. The van der Waals surface area contributed by atoms with Crippen molar-refractivity contribution in [3.8, 4) is 17.3 Å². The summed E-state index contributed by atoms with van der Waals surface area (Å²) in [4.78, 5) is 8.57. The molecule has 3 aromatic carbocycles.